The van der Waals surface area contributed by atoms with Gasteiger partial charge in [0.05, 0.1) is 19.1 Å². The van der Waals surface area contributed by atoms with Crippen molar-refractivity contribution in [1.82, 2.24) is 9.55 Å². The second-order valence-corrected chi connectivity index (χ2v) is 3.93. The third kappa shape index (κ3) is 2.97. The predicted molar refractivity (Wildman–Crippen MR) is 68.3 cm³/mol. The fourth-order valence-electron chi connectivity index (χ4n) is 1.77. The largest absolute Gasteiger partial charge is 0.461 e. The van der Waals surface area contributed by atoms with Crippen molar-refractivity contribution in [2.24, 2.45) is 0 Å². The molecule has 0 unspecified atom stereocenters. The van der Waals surface area contributed by atoms with E-state index in [4.69, 9.17) is 4.74 Å². The Morgan fingerprint density at radius 3 is 2.83 bits per heavy atom. The zero-order valence-electron chi connectivity index (χ0n) is 10.4. The molecule has 0 bridgehead atoms. The first kappa shape index (κ1) is 12.4. The fraction of sp³-hybridized carbons (Fsp3) is 0.286. The first-order valence-electron chi connectivity index (χ1n) is 6.02. The van der Waals surface area contributed by atoms with Gasteiger partial charge in [-0.3, -0.25) is 0 Å². The van der Waals surface area contributed by atoms with E-state index in [2.05, 4.69) is 17.1 Å². The van der Waals surface area contributed by atoms with Crippen LogP contribution in [-0.2, 0) is 17.7 Å². The van der Waals surface area contributed by atoms with Crippen molar-refractivity contribution in [2.75, 3.05) is 6.61 Å². The van der Waals surface area contributed by atoms with Crippen LogP contribution in [0.25, 0.3) is 0 Å². The predicted octanol–water partition coefficient (Wildman–Crippen LogP) is 2.30. The van der Waals surface area contributed by atoms with E-state index in [9.17, 15) is 4.79 Å². The van der Waals surface area contributed by atoms with E-state index >= 15 is 0 Å². The molecule has 0 saturated heterocycles. The summed E-state index contributed by atoms with van der Waals surface area (Å²) >= 11 is 0. The molecule has 94 valence electrons. The van der Waals surface area contributed by atoms with Gasteiger partial charge < -0.3 is 9.30 Å². The zero-order chi connectivity index (χ0) is 12.8. The molecule has 0 spiro atoms. The van der Waals surface area contributed by atoms with Gasteiger partial charge in [0, 0.05) is 6.54 Å². The highest BCUT2D eigenvalue weighted by atomic mass is 16.5. The molecular formula is C14H16N2O2. The highest BCUT2D eigenvalue weighted by Gasteiger charge is 2.12. The summed E-state index contributed by atoms with van der Waals surface area (Å²) in [4.78, 5) is 15.7. The van der Waals surface area contributed by atoms with E-state index < -0.39 is 0 Å². The van der Waals surface area contributed by atoms with Gasteiger partial charge in [0.15, 0.2) is 0 Å². The number of imidazole rings is 1. The Bertz CT molecular complexity index is 506. The van der Waals surface area contributed by atoms with Gasteiger partial charge >= 0.3 is 5.97 Å². The Kier molecular flexibility index (Phi) is 4.12. The van der Waals surface area contributed by atoms with Gasteiger partial charge in [0.25, 0.3) is 0 Å². The minimum atomic E-state index is -0.317. The second kappa shape index (κ2) is 6.00. The van der Waals surface area contributed by atoms with E-state index in [1.807, 2.05) is 22.8 Å². The van der Waals surface area contributed by atoms with Crippen molar-refractivity contribution in [3.05, 3.63) is 54.1 Å². The van der Waals surface area contributed by atoms with Crippen LogP contribution in [0.1, 0.15) is 23.0 Å². The van der Waals surface area contributed by atoms with Gasteiger partial charge in [-0.2, -0.15) is 0 Å². The summed E-state index contributed by atoms with van der Waals surface area (Å²) in [6, 6.07) is 10.2. The lowest BCUT2D eigenvalue weighted by Crippen LogP contribution is -2.12. The quantitative estimate of drug-likeness (QED) is 0.758. The lowest BCUT2D eigenvalue weighted by Gasteiger charge is -2.07. The van der Waals surface area contributed by atoms with Crippen molar-refractivity contribution in [1.29, 1.82) is 0 Å². The van der Waals surface area contributed by atoms with E-state index in [-0.39, 0.29) is 5.97 Å². The molecule has 0 fully saturated rings. The van der Waals surface area contributed by atoms with Crippen molar-refractivity contribution in [3.8, 4) is 0 Å². The van der Waals surface area contributed by atoms with Gasteiger partial charge in [0.2, 0.25) is 0 Å². The lowest BCUT2D eigenvalue weighted by atomic mass is 10.1. The number of rotatable bonds is 5. The molecule has 0 aliphatic carbocycles. The lowest BCUT2D eigenvalue weighted by molar-refractivity contribution is 0.0513. The van der Waals surface area contributed by atoms with Crippen LogP contribution < -0.4 is 0 Å². The molecule has 18 heavy (non-hydrogen) atoms. The Labute approximate surface area is 106 Å². The normalized spacial score (nSPS) is 10.3. The number of carbonyl (C=O) groups excluding carboxylic acids is 1. The van der Waals surface area contributed by atoms with Gasteiger partial charge in [-0.05, 0) is 18.9 Å². The van der Waals surface area contributed by atoms with Crippen LogP contribution in [0.3, 0.4) is 0 Å². The van der Waals surface area contributed by atoms with Crippen LogP contribution in [0.15, 0.2) is 42.9 Å². The molecular weight excluding hydrogens is 228 g/mol. The van der Waals surface area contributed by atoms with Crippen molar-refractivity contribution < 1.29 is 9.53 Å². The number of benzene rings is 1. The van der Waals surface area contributed by atoms with E-state index in [0.29, 0.717) is 12.3 Å². The maximum atomic E-state index is 11.7. The molecule has 4 nitrogen and oxygen atoms in total. The molecule has 2 aromatic rings. The molecule has 0 aliphatic heterocycles. The van der Waals surface area contributed by atoms with Gasteiger partial charge in [-0.25, -0.2) is 9.78 Å². The van der Waals surface area contributed by atoms with Crippen LogP contribution >= 0.6 is 0 Å². The number of aryl methyl sites for hydroxylation is 2. The number of carbonyl (C=O) groups is 1. The van der Waals surface area contributed by atoms with Crippen LogP contribution in [-0.4, -0.2) is 22.1 Å². The van der Waals surface area contributed by atoms with Crippen LogP contribution in [0, 0.1) is 0 Å². The van der Waals surface area contributed by atoms with E-state index in [1.165, 1.54) is 5.56 Å². The van der Waals surface area contributed by atoms with Crippen molar-refractivity contribution in [3.63, 3.8) is 0 Å². The monoisotopic (exact) mass is 244 g/mol. The molecule has 0 saturated carbocycles. The molecule has 0 aliphatic rings. The number of hydrogen-bond acceptors (Lipinski definition) is 3. The summed E-state index contributed by atoms with van der Waals surface area (Å²) in [6.45, 7) is 2.89. The Hall–Kier alpha value is -2.10. The Balaban J connectivity index is 2.02. The molecule has 0 atom stereocenters. The topological polar surface area (TPSA) is 44.1 Å². The highest BCUT2D eigenvalue weighted by Crippen LogP contribution is 2.06. The third-order valence-corrected chi connectivity index (χ3v) is 2.68. The van der Waals surface area contributed by atoms with Crippen LogP contribution in [0.2, 0.25) is 0 Å². The average molecular weight is 244 g/mol. The van der Waals surface area contributed by atoms with Gasteiger partial charge in [-0.15, -0.1) is 0 Å². The minimum absolute atomic E-state index is 0.317. The van der Waals surface area contributed by atoms with Crippen LogP contribution in [0.5, 0.6) is 0 Å². The summed E-state index contributed by atoms with van der Waals surface area (Å²) in [5.74, 6) is -0.317. The SMILES string of the molecule is CCOC(=O)c1cncn1CCc1ccccc1. The summed E-state index contributed by atoms with van der Waals surface area (Å²) in [5, 5.41) is 0. The molecule has 2 rings (SSSR count). The number of esters is 1. The molecule has 1 aromatic heterocycles. The standard InChI is InChI=1S/C14H16N2O2/c1-2-18-14(17)13-10-15-11-16(13)9-8-12-6-4-3-5-7-12/h3-7,10-11H,2,8-9H2,1H3. The fourth-order valence-corrected chi connectivity index (χ4v) is 1.77. The summed E-state index contributed by atoms with van der Waals surface area (Å²) in [7, 11) is 0. The smallest absolute Gasteiger partial charge is 0.356 e. The number of aromatic nitrogens is 2. The van der Waals surface area contributed by atoms with Gasteiger partial charge in [0.1, 0.15) is 5.69 Å². The number of ether oxygens (including phenoxy) is 1. The Morgan fingerprint density at radius 2 is 2.11 bits per heavy atom. The summed E-state index contributed by atoms with van der Waals surface area (Å²) < 4.78 is 6.80. The summed E-state index contributed by atoms with van der Waals surface area (Å²) in [5.41, 5.74) is 1.74. The van der Waals surface area contributed by atoms with E-state index in [1.54, 1.807) is 19.4 Å². The molecule has 4 heteroatoms. The third-order valence-electron chi connectivity index (χ3n) is 2.68. The average Bonchev–Trinajstić information content (AvgIpc) is 2.86. The van der Waals surface area contributed by atoms with Gasteiger partial charge in [-0.1, -0.05) is 30.3 Å². The number of nitrogens with zero attached hydrogens (tertiary/aromatic N) is 2. The summed E-state index contributed by atoms with van der Waals surface area (Å²) in [6.07, 6.45) is 4.07. The molecule has 1 aromatic carbocycles. The Morgan fingerprint density at radius 1 is 1.33 bits per heavy atom. The maximum absolute atomic E-state index is 11.7. The highest BCUT2D eigenvalue weighted by molar-refractivity contribution is 5.87. The maximum Gasteiger partial charge on any atom is 0.356 e. The molecule has 0 radical (unpaired) electrons. The van der Waals surface area contributed by atoms with Crippen molar-refractivity contribution in [2.45, 2.75) is 19.9 Å². The molecule has 0 N–H and O–H groups in total. The molecule has 1 heterocycles. The first-order chi connectivity index (χ1) is 8.81. The van der Waals surface area contributed by atoms with E-state index in [0.717, 1.165) is 13.0 Å². The zero-order valence-corrected chi connectivity index (χ0v) is 10.4. The second-order valence-electron chi connectivity index (χ2n) is 3.93. The molecule has 0 amide bonds. The van der Waals surface area contributed by atoms with Crippen LogP contribution in [0.4, 0.5) is 0 Å². The number of hydrogen-bond donors (Lipinski definition) is 0. The van der Waals surface area contributed by atoms with Crippen molar-refractivity contribution >= 4 is 5.97 Å². The minimum Gasteiger partial charge on any atom is -0.461 e. The first-order valence-corrected chi connectivity index (χ1v) is 6.02.